The van der Waals surface area contributed by atoms with Crippen LogP contribution >= 0.6 is 11.8 Å². The number of carbonyl (C=O) groups excluding carboxylic acids is 3. The summed E-state index contributed by atoms with van der Waals surface area (Å²) in [6.45, 7) is 3.93. The number of aromatic nitrogens is 3. The number of hydrogen-bond acceptors (Lipinski definition) is 8. The Morgan fingerprint density at radius 2 is 1.69 bits per heavy atom. The van der Waals surface area contributed by atoms with E-state index in [0.717, 1.165) is 22.3 Å². The molecule has 1 saturated heterocycles. The van der Waals surface area contributed by atoms with Crippen molar-refractivity contribution in [3.8, 4) is 22.8 Å². The first-order valence-corrected chi connectivity index (χ1v) is 18.2. The van der Waals surface area contributed by atoms with Crippen LogP contribution in [0.1, 0.15) is 35.6 Å². The van der Waals surface area contributed by atoms with E-state index in [9.17, 15) is 27.6 Å². The summed E-state index contributed by atoms with van der Waals surface area (Å²) in [6.07, 6.45) is -3.58. The molecule has 55 heavy (non-hydrogen) atoms. The molecule has 1 atom stereocenters. The van der Waals surface area contributed by atoms with E-state index in [4.69, 9.17) is 4.74 Å². The Hall–Kier alpha value is -6.16. The van der Waals surface area contributed by atoms with E-state index in [1.807, 2.05) is 86.6 Å². The Morgan fingerprint density at radius 1 is 0.945 bits per heavy atom. The van der Waals surface area contributed by atoms with Gasteiger partial charge in [-0.3, -0.25) is 9.69 Å². The number of alkyl halides is 3. The van der Waals surface area contributed by atoms with E-state index in [0.29, 0.717) is 35.6 Å². The number of para-hydroxylation sites is 1. The second-order valence-electron chi connectivity index (χ2n) is 12.3. The maximum Gasteiger partial charge on any atom is 0.573 e. The minimum absolute atomic E-state index is 0.0303. The summed E-state index contributed by atoms with van der Waals surface area (Å²) < 4.78 is 48.3. The van der Waals surface area contributed by atoms with E-state index in [2.05, 4.69) is 30.4 Å². The molecule has 0 aliphatic carbocycles. The van der Waals surface area contributed by atoms with Crippen molar-refractivity contribution >= 4 is 40.6 Å². The zero-order valence-corrected chi connectivity index (χ0v) is 30.6. The molecule has 4 aromatic carbocycles. The van der Waals surface area contributed by atoms with Crippen LogP contribution in [0.2, 0.25) is 0 Å². The predicted octanol–water partition coefficient (Wildman–Crippen LogP) is 7.73. The summed E-state index contributed by atoms with van der Waals surface area (Å²) in [5.41, 5.74) is 5.40. The summed E-state index contributed by atoms with van der Waals surface area (Å²) in [5, 5.41) is 10.2. The molecule has 1 aromatic heterocycles. The van der Waals surface area contributed by atoms with Gasteiger partial charge in [0.05, 0.1) is 17.1 Å². The predicted molar refractivity (Wildman–Crippen MR) is 202 cm³/mol. The second-order valence-corrected chi connectivity index (χ2v) is 13.3. The van der Waals surface area contributed by atoms with Crippen LogP contribution in [0.3, 0.4) is 0 Å². The first kappa shape index (κ1) is 38.6. The van der Waals surface area contributed by atoms with Crippen LogP contribution in [0.5, 0.6) is 5.75 Å². The van der Waals surface area contributed by atoms with E-state index in [1.165, 1.54) is 51.9 Å². The standard InChI is InChI=1S/C39H36F3N7O5S/c1-3-28-11-7-8-25(2)34(28)49-33(50)23-55-37(49)46-36(51)44-32(45-38(52)53-22-27-9-5-4-6-10-27)21-14-26-12-15-29(16-13-26)35-43-24-48(47-35)30-17-19-31(20-18-30)54-39(40,41)42/h4-13,15-20,24,32H,3,14,21-23H2,1-2H3,(H,44,51)(H,45,52). The number of carbonyl (C=O) groups is 3. The van der Waals surface area contributed by atoms with Gasteiger partial charge in [0.1, 0.15) is 24.8 Å². The van der Waals surface area contributed by atoms with Gasteiger partial charge in [-0.15, -0.1) is 18.3 Å². The van der Waals surface area contributed by atoms with Gasteiger partial charge >= 0.3 is 18.5 Å². The average molecular weight is 772 g/mol. The molecule has 4 amide bonds. The number of benzene rings is 4. The van der Waals surface area contributed by atoms with Crippen molar-refractivity contribution in [2.24, 2.45) is 4.99 Å². The van der Waals surface area contributed by atoms with E-state index < -0.39 is 24.7 Å². The Kier molecular flexibility index (Phi) is 12.1. The van der Waals surface area contributed by atoms with Gasteiger partial charge in [-0.05, 0) is 72.7 Å². The largest absolute Gasteiger partial charge is 0.573 e. The highest BCUT2D eigenvalue weighted by Gasteiger charge is 2.33. The van der Waals surface area contributed by atoms with Crippen molar-refractivity contribution < 1.29 is 37.0 Å². The maximum atomic E-state index is 13.4. The Labute approximate surface area is 318 Å². The fraction of sp³-hybridized carbons (Fsp3) is 0.231. The van der Waals surface area contributed by atoms with Crippen molar-refractivity contribution in [3.63, 3.8) is 0 Å². The van der Waals surface area contributed by atoms with Gasteiger partial charge in [0, 0.05) is 5.56 Å². The van der Waals surface area contributed by atoms with Gasteiger partial charge in [0.25, 0.3) is 0 Å². The molecular formula is C39H36F3N7O5S. The zero-order valence-electron chi connectivity index (χ0n) is 29.7. The number of thioether (sulfide) groups is 1. The minimum atomic E-state index is -4.79. The number of aliphatic imine (C=N–C) groups is 1. The van der Waals surface area contributed by atoms with Crippen molar-refractivity contribution in [3.05, 3.63) is 126 Å². The third-order valence-electron chi connectivity index (χ3n) is 8.45. The summed E-state index contributed by atoms with van der Waals surface area (Å²) in [5.74, 6) is -0.000285. The van der Waals surface area contributed by atoms with E-state index >= 15 is 0 Å². The molecule has 0 bridgehead atoms. The highest BCUT2D eigenvalue weighted by atomic mass is 32.2. The third-order valence-corrected chi connectivity index (χ3v) is 9.37. The van der Waals surface area contributed by atoms with Gasteiger partial charge in [-0.2, -0.15) is 4.99 Å². The summed E-state index contributed by atoms with van der Waals surface area (Å²) in [4.78, 5) is 49.3. The number of amidine groups is 1. The van der Waals surface area contributed by atoms with Crippen LogP contribution < -0.4 is 20.3 Å². The summed E-state index contributed by atoms with van der Waals surface area (Å²) in [6, 6.07) is 26.8. The molecule has 12 nitrogen and oxygen atoms in total. The van der Waals surface area contributed by atoms with E-state index in [-0.39, 0.29) is 35.6 Å². The fourth-order valence-corrected chi connectivity index (χ4v) is 6.65. The number of halogens is 3. The molecule has 6 rings (SSSR count). The molecule has 284 valence electrons. The Bertz CT molecular complexity index is 2160. The van der Waals surface area contributed by atoms with Gasteiger partial charge in [-0.1, -0.05) is 91.5 Å². The van der Waals surface area contributed by atoms with Crippen LogP contribution in [0, 0.1) is 6.92 Å². The first-order chi connectivity index (χ1) is 26.5. The molecule has 16 heteroatoms. The molecule has 1 unspecified atom stereocenters. The van der Waals surface area contributed by atoms with Crippen LogP contribution in [-0.2, 0) is 29.0 Å². The second kappa shape index (κ2) is 17.3. The Morgan fingerprint density at radius 3 is 2.40 bits per heavy atom. The highest BCUT2D eigenvalue weighted by molar-refractivity contribution is 8.15. The lowest BCUT2D eigenvalue weighted by atomic mass is 10.0. The molecule has 0 radical (unpaired) electrons. The normalized spacial score (nSPS) is 14.2. The average Bonchev–Trinajstić information content (AvgIpc) is 3.80. The SMILES string of the molecule is CCc1cccc(C)c1N1C(=O)CSC1=NC(=O)NC(CCc1ccc(-c2ncn(-c3ccc(OC(F)(F)F)cc3)n2)cc1)NC(=O)OCc1ccccc1. The molecule has 1 aliphatic rings. The number of aryl methyl sites for hydroxylation is 3. The first-order valence-electron chi connectivity index (χ1n) is 17.2. The molecule has 2 heterocycles. The molecule has 0 saturated carbocycles. The number of nitrogens with one attached hydrogen (secondary N) is 2. The number of alkyl carbamates (subject to hydrolysis) is 1. The Balaban J connectivity index is 1.13. The number of rotatable bonds is 12. The van der Waals surface area contributed by atoms with Crippen LogP contribution in [-0.4, -0.2) is 56.2 Å². The lowest BCUT2D eigenvalue weighted by Gasteiger charge is -2.22. The molecular weight excluding hydrogens is 736 g/mol. The van der Waals surface area contributed by atoms with Gasteiger partial charge in [-0.25, -0.2) is 19.3 Å². The number of nitrogens with zero attached hydrogens (tertiary/aromatic N) is 5. The quantitative estimate of drug-likeness (QED) is 0.123. The van der Waals surface area contributed by atoms with Gasteiger partial charge in [0.15, 0.2) is 11.0 Å². The van der Waals surface area contributed by atoms with Crippen molar-refractivity contribution in [2.45, 2.75) is 52.2 Å². The van der Waals surface area contributed by atoms with Gasteiger partial charge in [0.2, 0.25) is 5.91 Å². The van der Waals surface area contributed by atoms with E-state index in [1.54, 1.807) is 0 Å². The van der Waals surface area contributed by atoms with Crippen LogP contribution in [0.15, 0.2) is 108 Å². The number of anilines is 1. The monoisotopic (exact) mass is 771 g/mol. The molecule has 0 spiro atoms. The molecule has 1 aliphatic heterocycles. The summed E-state index contributed by atoms with van der Waals surface area (Å²) in [7, 11) is 0. The van der Waals surface area contributed by atoms with Crippen molar-refractivity contribution in [1.29, 1.82) is 0 Å². The smallest absolute Gasteiger partial charge is 0.445 e. The van der Waals surface area contributed by atoms with Gasteiger partial charge < -0.3 is 20.1 Å². The third kappa shape index (κ3) is 10.3. The highest BCUT2D eigenvalue weighted by Crippen LogP contribution is 2.33. The van der Waals surface area contributed by atoms with Crippen LogP contribution in [0.4, 0.5) is 28.4 Å². The molecule has 2 N–H and O–H groups in total. The topological polar surface area (TPSA) is 140 Å². The fourth-order valence-electron chi connectivity index (χ4n) is 5.80. The minimum Gasteiger partial charge on any atom is -0.445 e. The maximum absolute atomic E-state index is 13.4. The number of ether oxygens (including phenoxy) is 2. The lowest BCUT2D eigenvalue weighted by molar-refractivity contribution is -0.274. The lowest BCUT2D eigenvalue weighted by Crippen LogP contribution is -2.48. The number of amides is 4. The summed E-state index contributed by atoms with van der Waals surface area (Å²) >= 11 is 1.17. The van der Waals surface area contributed by atoms with Crippen LogP contribution in [0.25, 0.3) is 17.1 Å². The molecule has 5 aromatic rings. The van der Waals surface area contributed by atoms with Crippen molar-refractivity contribution in [1.82, 2.24) is 25.4 Å². The van der Waals surface area contributed by atoms with Crippen molar-refractivity contribution in [2.75, 3.05) is 10.7 Å². The number of urea groups is 1. The molecule has 1 fully saturated rings. The number of hydrogen-bond donors (Lipinski definition) is 2. The zero-order chi connectivity index (χ0) is 39.0.